The van der Waals surface area contributed by atoms with E-state index in [2.05, 4.69) is 15.3 Å². The van der Waals surface area contributed by atoms with E-state index in [1.165, 1.54) is 23.5 Å². The molecule has 0 aliphatic heterocycles. The molecule has 0 radical (unpaired) electrons. The van der Waals surface area contributed by atoms with Crippen molar-refractivity contribution in [3.05, 3.63) is 65.6 Å². The molecule has 4 nitrogen and oxygen atoms in total. The molecule has 6 heteroatoms. The smallest absolute Gasteiger partial charge is 0.226 e. The Hall–Kier alpha value is -2.60. The van der Waals surface area contributed by atoms with Crippen LogP contribution in [-0.4, -0.2) is 15.9 Å². The first-order chi connectivity index (χ1) is 11.2. The van der Waals surface area contributed by atoms with Gasteiger partial charge in [0.1, 0.15) is 5.82 Å². The minimum Gasteiger partial charge on any atom is -0.302 e. The molecule has 0 unspecified atom stereocenters. The summed E-state index contributed by atoms with van der Waals surface area (Å²) in [6.45, 7) is 0. The van der Waals surface area contributed by atoms with E-state index in [4.69, 9.17) is 0 Å². The molecule has 23 heavy (non-hydrogen) atoms. The molecule has 2 heterocycles. The fourth-order valence-electron chi connectivity index (χ4n) is 2.07. The van der Waals surface area contributed by atoms with E-state index in [-0.39, 0.29) is 11.7 Å². The summed E-state index contributed by atoms with van der Waals surface area (Å²) in [6, 6.07) is 9.93. The van der Waals surface area contributed by atoms with Crippen molar-refractivity contribution in [1.29, 1.82) is 0 Å². The predicted octanol–water partition coefficient (Wildman–Crippen LogP) is 3.92. The summed E-state index contributed by atoms with van der Waals surface area (Å²) in [5.74, 6) is -0.384. The van der Waals surface area contributed by atoms with Gasteiger partial charge in [0.25, 0.3) is 0 Å². The number of aryl methyl sites for hydroxylation is 1. The minimum absolute atomic E-state index is 0.110. The Kier molecular flexibility index (Phi) is 4.73. The summed E-state index contributed by atoms with van der Waals surface area (Å²) in [5, 5.41) is 5.23. The van der Waals surface area contributed by atoms with Crippen LogP contribution >= 0.6 is 11.3 Å². The van der Waals surface area contributed by atoms with Gasteiger partial charge in [-0.1, -0.05) is 12.1 Å². The van der Waals surface area contributed by atoms with Crippen molar-refractivity contribution in [2.75, 3.05) is 5.32 Å². The zero-order chi connectivity index (χ0) is 16.1. The molecule has 0 fully saturated rings. The minimum atomic E-state index is -0.274. The standard InChI is InChI=1S/C17H14FN3OS/c18-14-6-3-12(4-7-14)5-8-16(22)21-17-20-15(11-23-17)13-2-1-9-19-10-13/h1-4,6-7,9-11H,5,8H2,(H,20,21,22). The molecule has 0 bridgehead atoms. The molecule has 3 rings (SSSR count). The van der Waals surface area contributed by atoms with Crippen LogP contribution in [0.1, 0.15) is 12.0 Å². The molecule has 0 aliphatic rings. The number of halogens is 1. The van der Waals surface area contributed by atoms with Crippen LogP contribution in [0.15, 0.2) is 54.2 Å². The van der Waals surface area contributed by atoms with Crippen molar-refractivity contribution in [1.82, 2.24) is 9.97 Å². The second-order valence-corrected chi connectivity index (χ2v) is 5.81. The van der Waals surface area contributed by atoms with Crippen molar-refractivity contribution >= 4 is 22.4 Å². The van der Waals surface area contributed by atoms with Crippen LogP contribution < -0.4 is 5.32 Å². The van der Waals surface area contributed by atoms with Crippen molar-refractivity contribution < 1.29 is 9.18 Å². The Labute approximate surface area is 137 Å². The quantitative estimate of drug-likeness (QED) is 0.773. The third-order valence-electron chi connectivity index (χ3n) is 3.26. The predicted molar refractivity (Wildman–Crippen MR) is 88.7 cm³/mol. The summed E-state index contributed by atoms with van der Waals surface area (Å²) in [4.78, 5) is 20.4. The topological polar surface area (TPSA) is 54.9 Å². The number of thiazole rings is 1. The van der Waals surface area contributed by atoms with Gasteiger partial charge in [-0.2, -0.15) is 0 Å². The second kappa shape index (κ2) is 7.11. The zero-order valence-corrected chi connectivity index (χ0v) is 13.0. The van der Waals surface area contributed by atoms with Crippen LogP contribution in [-0.2, 0) is 11.2 Å². The van der Waals surface area contributed by atoms with Crippen molar-refractivity contribution in [3.63, 3.8) is 0 Å². The van der Waals surface area contributed by atoms with Gasteiger partial charge in [-0.3, -0.25) is 9.78 Å². The molecule has 3 aromatic rings. The molecule has 0 saturated heterocycles. The lowest BCUT2D eigenvalue weighted by atomic mass is 10.1. The molecule has 1 aromatic carbocycles. The summed E-state index contributed by atoms with van der Waals surface area (Å²) in [6.07, 6.45) is 4.32. The van der Waals surface area contributed by atoms with E-state index >= 15 is 0 Å². The van der Waals surface area contributed by atoms with Gasteiger partial charge in [-0.05, 0) is 36.2 Å². The lowest BCUT2D eigenvalue weighted by Gasteiger charge is -2.02. The average Bonchev–Trinajstić information content (AvgIpc) is 3.04. The van der Waals surface area contributed by atoms with Gasteiger partial charge in [-0.15, -0.1) is 11.3 Å². The van der Waals surface area contributed by atoms with Crippen molar-refractivity contribution in [3.8, 4) is 11.3 Å². The SMILES string of the molecule is O=C(CCc1ccc(F)cc1)Nc1nc(-c2cccnc2)cs1. The van der Waals surface area contributed by atoms with E-state index in [9.17, 15) is 9.18 Å². The fraction of sp³-hybridized carbons (Fsp3) is 0.118. The van der Waals surface area contributed by atoms with Crippen LogP contribution in [0.2, 0.25) is 0 Å². The first-order valence-electron chi connectivity index (χ1n) is 7.11. The molecule has 0 spiro atoms. The molecule has 116 valence electrons. The number of benzene rings is 1. The maximum atomic E-state index is 12.8. The monoisotopic (exact) mass is 327 g/mol. The number of carbonyl (C=O) groups excluding carboxylic acids is 1. The molecule has 0 saturated carbocycles. The van der Waals surface area contributed by atoms with Gasteiger partial charge in [0.05, 0.1) is 5.69 Å². The number of nitrogens with one attached hydrogen (secondary N) is 1. The Morgan fingerprint density at radius 3 is 2.78 bits per heavy atom. The molecule has 0 aliphatic carbocycles. The van der Waals surface area contributed by atoms with Gasteiger partial charge < -0.3 is 5.32 Å². The number of hydrogen-bond acceptors (Lipinski definition) is 4. The van der Waals surface area contributed by atoms with Gasteiger partial charge in [0, 0.05) is 29.8 Å². The Balaban J connectivity index is 1.56. The third kappa shape index (κ3) is 4.20. The van der Waals surface area contributed by atoms with E-state index in [0.717, 1.165) is 16.8 Å². The Bertz CT molecular complexity index is 787. The number of carbonyl (C=O) groups is 1. The van der Waals surface area contributed by atoms with E-state index in [1.807, 2.05) is 17.5 Å². The number of hydrogen-bond donors (Lipinski definition) is 1. The summed E-state index contributed by atoms with van der Waals surface area (Å²) < 4.78 is 12.8. The third-order valence-corrected chi connectivity index (χ3v) is 4.02. The largest absolute Gasteiger partial charge is 0.302 e. The maximum Gasteiger partial charge on any atom is 0.226 e. The molecular formula is C17H14FN3OS. The number of anilines is 1. The van der Waals surface area contributed by atoms with Crippen LogP contribution in [0.4, 0.5) is 9.52 Å². The highest BCUT2D eigenvalue weighted by Crippen LogP contribution is 2.24. The van der Waals surface area contributed by atoms with E-state index in [0.29, 0.717) is 18.0 Å². The van der Waals surface area contributed by atoms with E-state index < -0.39 is 0 Å². The number of aromatic nitrogens is 2. The summed E-state index contributed by atoms with van der Waals surface area (Å²) in [7, 11) is 0. The first kappa shape index (κ1) is 15.3. The molecule has 1 amide bonds. The number of rotatable bonds is 5. The van der Waals surface area contributed by atoms with Crippen LogP contribution in [0.3, 0.4) is 0 Å². The van der Waals surface area contributed by atoms with Crippen molar-refractivity contribution in [2.24, 2.45) is 0 Å². The molecule has 2 aromatic heterocycles. The number of pyridine rings is 1. The molecular weight excluding hydrogens is 313 g/mol. The van der Waals surface area contributed by atoms with Gasteiger partial charge in [0.2, 0.25) is 5.91 Å². The molecule has 0 atom stereocenters. The van der Waals surface area contributed by atoms with E-state index in [1.54, 1.807) is 24.5 Å². The van der Waals surface area contributed by atoms with Gasteiger partial charge >= 0.3 is 0 Å². The summed E-state index contributed by atoms with van der Waals surface area (Å²) >= 11 is 1.38. The first-order valence-corrected chi connectivity index (χ1v) is 7.99. The Morgan fingerprint density at radius 2 is 2.04 bits per heavy atom. The van der Waals surface area contributed by atoms with Crippen LogP contribution in [0.25, 0.3) is 11.3 Å². The second-order valence-electron chi connectivity index (χ2n) is 4.95. The normalized spacial score (nSPS) is 10.5. The maximum absolute atomic E-state index is 12.8. The average molecular weight is 327 g/mol. The van der Waals surface area contributed by atoms with Crippen LogP contribution in [0, 0.1) is 5.82 Å². The van der Waals surface area contributed by atoms with Crippen molar-refractivity contribution in [2.45, 2.75) is 12.8 Å². The number of amides is 1. The zero-order valence-electron chi connectivity index (χ0n) is 12.2. The Morgan fingerprint density at radius 1 is 1.22 bits per heavy atom. The lowest BCUT2D eigenvalue weighted by Crippen LogP contribution is -2.12. The van der Waals surface area contributed by atoms with Crippen LogP contribution in [0.5, 0.6) is 0 Å². The summed E-state index contributed by atoms with van der Waals surface area (Å²) in [5.41, 5.74) is 2.63. The highest BCUT2D eigenvalue weighted by atomic mass is 32.1. The fourth-order valence-corrected chi connectivity index (χ4v) is 2.80. The van der Waals surface area contributed by atoms with Gasteiger partial charge in [-0.25, -0.2) is 9.37 Å². The highest BCUT2D eigenvalue weighted by Gasteiger charge is 2.08. The highest BCUT2D eigenvalue weighted by molar-refractivity contribution is 7.14. The van der Waals surface area contributed by atoms with Gasteiger partial charge in [0.15, 0.2) is 5.13 Å². The lowest BCUT2D eigenvalue weighted by molar-refractivity contribution is -0.116. The number of nitrogens with zero attached hydrogens (tertiary/aromatic N) is 2. The molecule has 1 N–H and O–H groups in total.